The minimum atomic E-state index is -1.83. The summed E-state index contributed by atoms with van der Waals surface area (Å²) in [7, 11) is 0. The van der Waals surface area contributed by atoms with Crippen LogP contribution in [-0.4, -0.2) is 14.1 Å². The number of hydrogen-bond donors (Lipinski definition) is 0. The molecule has 6 heteroatoms. The molecule has 3 aromatic heterocycles. The van der Waals surface area contributed by atoms with Crippen LogP contribution in [0.5, 0.6) is 11.5 Å². The second-order valence-corrected chi connectivity index (χ2v) is 14.4. The van der Waals surface area contributed by atoms with E-state index in [0.717, 1.165) is 0 Å². The van der Waals surface area contributed by atoms with Gasteiger partial charge in [-0.15, -0.1) is 29.7 Å². The molecule has 10 aromatic rings. The molecule has 10 rings (SSSR count). The molecule has 0 unspecified atom stereocenters. The number of aromatic nitrogens is 4. The van der Waals surface area contributed by atoms with Crippen molar-refractivity contribution in [3.8, 4) is 50.9 Å². The van der Waals surface area contributed by atoms with Crippen LogP contribution in [0.15, 0.2) is 176 Å². The quantitative estimate of drug-likeness (QED) is 0.112. The van der Waals surface area contributed by atoms with Crippen LogP contribution in [-0.2, 0) is 27.4 Å². The molecule has 0 aliphatic rings. The van der Waals surface area contributed by atoms with Gasteiger partial charge in [-0.2, -0.15) is 18.2 Å². The summed E-state index contributed by atoms with van der Waals surface area (Å²) in [5, 5.41) is 0.618. The zero-order chi connectivity index (χ0) is 53.2. The van der Waals surface area contributed by atoms with Gasteiger partial charge in [-0.3, -0.25) is 4.57 Å². The number of rotatable bonds is 8. The third kappa shape index (κ3) is 7.28. The van der Waals surface area contributed by atoms with Gasteiger partial charge in [-0.25, -0.2) is 4.98 Å². The van der Waals surface area contributed by atoms with Crippen molar-refractivity contribution in [2.75, 3.05) is 0 Å². The molecule has 5 nitrogen and oxygen atoms in total. The summed E-state index contributed by atoms with van der Waals surface area (Å²) in [5.74, 6) is 0.521. The van der Waals surface area contributed by atoms with Crippen LogP contribution >= 0.6 is 0 Å². The molecule has 0 bridgehead atoms. The third-order valence-electron chi connectivity index (χ3n) is 9.35. The first-order valence-electron chi connectivity index (χ1n) is 26.3. The van der Waals surface area contributed by atoms with Crippen LogP contribution in [0.4, 0.5) is 0 Å². The second kappa shape index (κ2) is 15.7. The van der Waals surface area contributed by atoms with Crippen LogP contribution in [0, 0.1) is 23.9 Å². The van der Waals surface area contributed by atoms with Crippen molar-refractivity contribution in [3.63, 3.8) is 0 Å². The normalized spacial score (nSPS) is 15.6. The molecular weight excluding hydrogens is 904 g/mol. The zero-order valence-corrected chi connectivity index (χ0v) is 33.9. The van der Waals surface area contributed by atoms with Crippen molar-refractivity contribution in [3.05, 3.63) is 200 Å². The van der Waals surface area contributed by atoms with E-state index in [9.17, 15) is 0 Å². The number of nitrogens with zero attached hydrogens (tertiary/aromatic N) is 4. The average Bonchev–Trinajstić information content (AvgIpc) is 3.97. The van der Waals surface area contributed by atoms with Gasteiger partial charge in [0.2, 0.25) is 0 Å². The molecule has 0 radical (unpaired) electrons. The molecule has 0 atom stereocenters. The minimum Gasteiger partial charge on any atom is -0.510 e. The Morgan fingerprint density at radius 3 is 2.12 bits per heavy atom. The largest absolute Gasteiger partial charge is 0.510 e. The zero-order valence-electron chi connectivity index (χ0n) is 47.7. The Balaban J connectivity index is 0.00000689. The van der Waals surface area contributed by atoms with E-state index in [4.69, 9.17) is 26.7 Å². The fraction of sp³-hybridized carbons (Fsp3) is 0.0943. The Hall–Kier alpha value is -6.55. The van der Waals surface area contributed by atoms with Crippen molar-refractivity contribution in [2.24, 2.45) is 5.41 Å². The Labute approximate surface area is 381 Å². The molecule has 0 fully saturated rings. The predicted molar refractivity (Wildman–Crippen MR) is 234 cm³/mol. The maximum absolute atomic E-state index is 9.03. The smallest absolute Gasteiger partial charge is 0.268 e. The van der Waals surface area contributed by atoms with Gasteiger partial charge in [0.1, 0.15) is 5.82 Å². The molecule has 0 amide bonds. The maximum Gasteiger partial charge on any atom is 0.268 e. The first-order chi connectivity index (χ1) is 35.0. The van der Waals surface area contributed by atoms with E-state index in [0.29, 0.717) is 27.7 Å². The number of para-hydroxylation sites is 4. The molecule has 0 aliphatic heterocycles. The standard InChI is InChI=1S/C53H40N4O.Pt/c1-53(2,3)35-37-30-31-54-51(32-37)57-47-25-11-10-22-45(47)46-29-28-42(34-50(46)57)58-41-21-14-20-40(33-41)55-36-56(49-27-13-12-26-48(49)55)52-43(38-16-6-4-7-17-38)23-15-24-44(52)39-18-8-5-9-19-39;/h4-32H,35H2,1-3H3;/q-2;/i4D,5D,6D,7D,8D,9D,10D,11D,16D,17D,18D,19D,22D,25D,35D2;. The van der Waals surface area contributed by atoms with Gasteiger partial charge in [0.25, 0.3) is 6.33 Å². The Morgan fingerprint density at radius 2 is 1.37 bits per heavy atom. The van der Waals surface area contributed by atoms with Gasteiger partial charge in [-0.1, -0.05) is 147 Å². The minimum absolute atomic E-state index is 0. The SMILES string of the molecule is [2H]c1c([2H])c([2H])c(-c2cccc(-c3c([2H])c([2H])c([2H])c([2H])c3[2H])c2-[n+]2[c-]n(-c3[c-]c(Oc4[c-]c5c(cc4)c4c([2H])c([2H])c([2H])c([2H])c4n5-c4cc(C([2H])([2H])C(C)(C)C)ccn4)ccc3)c3ccccc32)c([2H])c1[2H].[Pt]. The molecule has 3 heterocycles. The van der Waals surface area contributed by atoms with E-state index in [1.807, 2.05) is 0 Å². The molecule has 7 aromatic carbocycles. The number of hydrogen-bond acceptors (Lipinski definition) is 2. The van der Waals surface area contributed by atoms with E-state index >= 15 is 0 Å². The molecule has 0 saturated carbocycles. The van der Waals surface area contributed by atoms with Crippen LogP contribution in [0.2, 0.25) is 0 Å². The summed E-state index contributed by atoms with van der Waals surface area (Å²) in [6, 6.07) is 22.4. The first-order valence-corrected chi connectivity index (χ1v) is 18.3. The summed E-state index contributed by atoms with van der Waals surface area (Å²) < 4.78 is 151. The molecule has 0 aliphatic carbocycles. The van der Waals surface area contributed by atoms with Crippen molar-refractivity contribution in [2.45, 2.75) is 27.1 Å². The maximum atomic E-state index is 9.03. The number of pyridine rings is 1. The van der Waals surface area contributed by atoms with E-state index in [1.54, 1.807) is 96.6 Å². The van der Waals surface area contributed by atoms with E-state index in [-0.39, 0.29) is 94.8 Å². The van der Waals surface area contributed by atoms with Crippen LogP contribution in [0.3, 0.4) is 0 Å². The Bertz CT molecular complexity index is 3890. The monoisotopic (exact) mass is 959 g/mol. The van der Waals surface area contributed by atoms with E-state index in [1.165, 1.54) is 29.0 Å². The van der Waals surface area contributed by atoms with Crippen molar-refractivity contribution >= 4 is 32.8 Å². The van der Waals surface area contributed by atoms with Crippen molar-refractivity contribution in [1.82, 2.24) is 14.1 Å². The van der Waals surface area contributed by atoms with E-state index < -0.39 is 84.3 Å². The Morgan fingerprint density at radius 1 is 0.695 bits per heavy atom. The van der Waals surface area contributed by atoms with Gasteiger partial charge in [0.05, 0.1) is 35.9 Å². The predicted octanol–water partition coefficient (Wildman–Crippen LogP) is 12.5. The Kier molecular flexibility index (Phi) is 6.30. The summed E-state index contributed by atoms with van der Waals surface area (Å²) in [6.07, 6.45) is 2.95. The van der Waals surface area contributed by atoms with Gasteiger partial charge >= 0.3 is 0 Å². The number of benzene rings is 7. The first kappa shape index (κ1) is 23.8. The summed E-state index contributed by atoms with van der Waals surface area (Å²) in [5.41, 5.74) is 1.10. The third-order valence-corrected chi connectivity index (χ3v) is 9.35. The van der Waals surface area contributed by atoms with Gasteiger partial charge < -0.3 is 13.9 Å². The van der Waals surface area contributed by atoms with Crippen molar-refractivity contribution in [1.29, 1.82) is 0 Å². The molecular formula is C53H40N4OPt-2. The topological polar surface area (TPSA) is 35.9 Å². The van der Waals surface area contributed by atoms with Crippen LogP contribution in [0.25, 0.3) is 72.3 Å². The fourth-order valence-electron chi connectivity index (χ4n) is 7.07. The molecule has 0 spiro atoms. The molecule has 290 valence electrons. The average molecular weight is 960 g/mol. The summed E-state index contributed by atoms with van der Waals surface area (Å²) in [4.78, 5) is 4.58. The number of fused-ring (bicyclic) bond motifs is 4. The van der Waals surface area contributed by atoms with Gasteiger partial charge in [0.15, 0.2) is 0 Å². The molecule has 59 heavy (non-hydrogen) atoms. The van der Waals surface area contributed by atoms with E-state index in [2.05, 4.69) is 23.4 Å². The number of ether oxygens (including phenoxy) is 1. The second-order valence-electron chi connectivity index (χ2n) is 14.4. The fourth-order valence-corrected chi connectivity index (χ4v) is 7.07. The van der Waals surface area contributed by atoms with Gasteiger partial charge in [0, 0.05) is 47.0 Å². The summed E-state index contributed by atoms with van der Waals surface area (Å²) in [6.45, 7) is 5.33. The molecule has 0 saturated heterocycles. The summed E-state index contributed by atoms with van der Waals surface area (Å²) >= 11 is 0. The van der Waals surface area contributed by atoms with Crippen LogP contribution < -0.4 is 9.30 Å². The van der Waals surface area contributed by atoms with Crippen molar-refractivity contribution < 1.29 is 52.3 Å². The van der Waals surface area contributed by atoms with Gasteiger partial charge in [-0.05, 0) is 68.9 Å². The molecule has 0 N–H and O–H groups in total. The number of imidazole rings is 1. The van der Waals surface area contributed by atoms with Crippen LogP contribution in [0.1, 0.15) is 48.3 Å².